The summed E-state index contributed by atoms with van der Waals surface area (Å²) >= 11 is 0. The molecule has 0 aliphatic carbocycles. The lowest BCUT2D eigenvalue weighted by molar-refractivity contribution is -0.125. The van der Waals surface area contributed by atoms with Crippen LogP contribution < -0.4 is 5.32 Å². The lowest BCUT2D eigenvalue weighted by Crippen LogP contribution is -2.36. The van der Waals surface area contributed by atoms with Gasteiger partial charge in [0, 0.05) is 18.4 Å². The van der Waals surface area contributed by atoms with Gasteiger partial charge in [0.1, 0.15) is 5.76 Å². The van der Waals surface area contributed by atoms with Gasteiger partial charge in [0.25, 0.3) is 0 Å². The van der Waals surface area contributed by atoms with Gasteiger partial charge in [-0.25, -0.2) is 0 Å². The van der Waals surface area contributed by atoms with Crippen LogP contribution in [-0.2, 0) is 11.2 Å². The van der Waals surface area contributed by atoms with Gasteiger partial charge in [-0.15, -0.1) is 0 Å². The van der Waals surface area contributed by atoms with Gasteiger partial charge in [0.05, 0.1) is 6.26 Å². The van der Waals surface area contributed by atoms with Crippen molar-refractivity contribution in [1.29, 1.82) is 0 Å². The second-order valence-corrected chi connectivity index (χ2v) is 4.34. The van der Waals surface area contributed by atoms with Crippen LogP contribution in [0.25, 0.3) is 0 Å². The van der Waals surface area contributed by atoms with Crippen molar-refractivity contribution in [3.8, 4) is 0 Å². The van der Waals surface area contributed by atoms with Crippen LogP contribution in [0.1, 0.15) is 39.4 Å². The van der Waals surface area contributed by atoms with E-state index in [9.17, 15) is 4.79 Å². The minimum absolute atomic E-state index is 0.103. The monoisotopic (exact) mass is 223 g/mol. The van der Waals surface area contributed by atoms with E-state index >= 15 is 0 Å². The van der Waals surface area contributed by atoms with Crippen molar-refractivity contribution in [1.82, 2.24) is 5.32 Å². The number of carbonyl (C=O) groups excluding carboxylic acids is 1. The molecule has 0 fully saturated rings. The number of nitrogens with one attached hydrogen (secondary N) is 1. The molecular formula is C13H21NO2. The zero-order chi connectivity index (χ0) is 12.0. The summed E-state index contributed by atoms with van der Waals surface area (Å²) in [5.41, 5.74) is 0. The van der Waals surface area contributed by atoms with Crippen molar-refractivity contribution in [2.24, 2.45) is 5.92 Å². The highest BCUT2D eigenvalue weighted by Crippen LogP contribution is 2.07. The molecule has 1 aromatic heterocycles. The normalized spacial score (nSPS) is 14.4. The molecule has 2 atom stereocenters. The lowest BCUT2D eigenvalue weighted by Gasteiger charge is -2.16. The van der Waals surface area contributed by atoms with Crippen molar-refractivity contribution in [3.63, 3.8) is 0 Å². The molecule has 1 N–H and O–H groups in total. The molecule has 0 bridgehead atoms. The zero-order valence-electron chi connectivity index (χ0n) is 10.3. The van der Waals surface area contributed by atoms with Gasteiger partial charge >= 0.3 is 0 Å². The molecule has 3 nitrogen and oxygen atoms in total. The maximum absolute atomic E-state index is 11.6. The van der Waals surface area contributed by atoms with Crippen LogP contribution in [0, 0.1) is 5.92 Å². The predicted octanol–water partition coefficient (Wildman–Crippen LogP) is 2.76. The third kappa shape index (κ3) is 4.09. The van der Waals surface area contributed by atoms with Gasteiger partial charge in [-0.05, 0) is 31.9 Å². The first-order valence-corrected chi connectivity index (χ1v) is 5.96. The number of furan rings is 1. The molecule has 0 aliphatic rings. The third-order valence-electron chi connectivity index (χ3n) is 2.85. The maximum atomic E-state index is 11.6. The summed E-state index contributed by atoms with van der Waals surface area (Å²) in [6.45, 7) is 6.01. The first-order valence-electron chi connectivity index (χ1n) is 5.96. The number of hydrogen-bond donors (Lipinski definition) is 1. The van der Waals surface area contributed by atoms with Crippen LogP contribution in [0.3, 0.4) is 0 Å². The minimum atomic E-state index is 0.103. The molecule has 1 heterocycles. The molecule has 3 heteroatoms. The molecule has 0 saturated carbocycles. The minimum Gasteiger partial charge on any atom is -0.469 e. The average Bonchev–Trinajstić information content (AvgIpc) is 2.78. The van der Waals surface area contributed by atoms with E-state index in [2.05, 4.69) is 5.32 Å². The van der Waals surface area contributed by atoms with Crippen molar-refractivity contribution in [2.75, 3.05) is 0 Å². The summed E-state index contributed by atoms with van der Waals surface area (Å²) < 4.78 is 5.24. The summed E-state index contributed by atoms with van der Waals surface area (Å²) in [5.74, 6) is 1.23. The van der Waals surface area contributed by atoms with Crippen LogP contribution in [0.4, 0.5) is 0 Å². The fraction of sp³-hybridized carbons (Fsp3) is 0.615. The Balaban J connectivity index is 2.25. The van der Waals surface area contributed by atoms with Crippen LogP contribution in [-0.4, -0.2) is 11.9 Å². The largest absolute Gasteiger partial charge is 0.469 e. The molecular weight excluding hydrogens is 202 g/mol. The Hall–Kier alpha value is -1.25. The van der Waals surface area contributed by atoms with E-state index in [1.807, 2.05) is 32.9 Å². The van der Waals surface area contributed by atoms with Gasteiger partial charge in [0.2, 0.25) is 5.91 Å². The molecule has 0 spiro atoms. The summed E-state index contributed by atoms with van der Waals surface area (Å²) in [6, 6.07) is 4.05. The second kappa shape index (κ2) is 6.36. The highest BCUT2D eigenvalue weighted by atomic mass is 16.3. The summed E-state index contributed by atoms with van der Waals surface area (Å²) in [6.07, 6.45) is 4.35. The van der Waals surface area contributed by atoms with Crippen molar-refractivity contribution >= 4 is 5.91 Å². The summed E-state index contributed by atoms with van der Waals surface area (Å²) in [7, 11) is 0. The number of aryl methyl sites for hydroxylation is 1. The van der Waals surface area contributed by atoms with Crippen molar-refractivity contribution in [2.45, 2.75) is 46.1 Å². The molecule has 90 valence electrons. The SMILES string of the molecule is CC[C@@H](C)C(=O)N[C@H](C)CCc1ccco1. The highest BCUT2D eigenvalue weighted by molar-refractivity contribution is 5.78. The fourth-order valence-corrected chi connectivity index (χ4v) is 1.46. The van der Waals surface area contributed by atoms with Gasteiger partial charge in [-0.3, -0.25) is 4.79 Å². The Bertz CT molecular complexity index is 306. The zero-order valence-corrected chi connectivity index (χ0v) is 10.3. The van der Waals surface area contributed by atoms with E-state index in [0.717, 1.165) is 25.0 Å². The topological polar surface area (TPSA) is 42.2 Å². The molecule has 16 heavy (non-hydrogen) atoms. The Kier molecular flexibility index (Phi) is 5.09. The number of rotatable bonds is 6. The first-order chi connectivity index (χ1) is 7.63. The van der Waals surface area contributed by atoms with Gasteiger partial charge in [-0.2, -0.15) is 0 Å². The molecule has 0 radical (unpaired) electrons. The number of carbonyl (C=O) groups is 1. The summed E-state index contributed by atoms with van der Waals surface area (Å²) in [4.78, 5) is 11.6. The quantitative estimate of drug-likeness (QED) is 0.805. The summed E-state index contributed by atoms with van der Waals surface area (Å²) in [5, 5.41) is 3.01. The Morgan fingerprint density at radius 1 is 1.50 bits per heavy atom. The lowest BCUT2D eigenvalue weighted by atomic mass is 10.1. The van der Waals surface area contributed by atoms with E-state index in [0.29, 0.717) is 0 Å². The van der Waals surface area contributed by atoms with E-state index < -0.39 is 0 Å². The highest BCUT2D eigenvalue weighted by Gasteiger charge is 2.13. The average molecular weight is 223 g/mol. The molecule has 0 aliphatic heterocycles. The van der Waals surface area contributed by atoms with Crippen LogP contribution in [0.5, 0.6) is 0 Å². The predicted molar refractivity (Wildman–Crippen MR) is 64.1 cm³/mol. The Labute approximate surface area is 97.2 Å². The van der Waals surface area contributed by atoms with Gasteiger partial charge in [0.15, 0.2) is 0 Å². The van der Waals surface area contributed by atoms with Crippen molar-refractivity contribution < 1.29 is 9.21 Å². The van der Waals surface area contributed by atoms with Crippen LogP contribution in [0.2, 0.25) is 0 Å². The first kappa shape index (κ1) is 12.8. The Morgan fingerprint density at radius 2 is 2.25 bits per heavy atom. The third-order valence-corrected chi connectivity index (χ3v) is 2.85. The van der Waals surface area contributed by atoms with E-state index in [1.165, 1.54) is 0 Å². The van der Waals surface area contributed by atoms with E-state index in [1.54, 1.807) is 6.26 Å². The van der Waals surface area contributed by atoms with E-state index in [4.69, 9.17) is 4.42 Å². The molecule has 0 unspecified atom stereocenters. The van der Waals surface area contributed by atoms with Crippen LogP contribution >= 0.6 is 0 Å². The van der Waals surface area contributed by atoms with Gasteiger partial charge in [-0.1, -0.05) is 13.8 Å². The molecule has 0 saturated heterocycles. The maximum Gasteiger partial charge on any atom is 0.223 e. The molecule has 1 aromatic rings. The van der Waals surface area contributed by atoms with Crippen LogP contribution in [0.15, 0.2) is 22.8 Å². The Morgan fingerprint density at radius 3 is 2.81 bits per heavy atom. The second-order valence-electron chi connectivity index (χ2n) is 4.34. The number of amides is 1. The number of hydrogen-bond acceptors (Lipinski definition) is 2. The fourth-order valence-electron chi connectivity index (χ4n) is 1.46. The standard InChI is InChI=1S/C13H21NO2/c1-4-10(2)13(15)14-11(3)7-8-12-6-5-9-16-12/h5-6,9-11H,4,7-8H2,1-3H3,(H,14,15)/t10-,11-/m1/s1. The van der Waals surface area contributed by atoms with Gasteiger partial charge < -0.3 is 9.73 Å². The molecule has 0 aromatic carbocycles. The molecule has 1 amide bonds. The molecule has 1 rings (SSSR count). The van der Waals surface area contributed by atoms with Crippen molar-refractivity contribution in [3.05, 3.63) is 24.2 Å². The van der Waals surface area contributed by atoms with E-state index in [-0.39, 0.29) is 17.9 Å². The smallest absolute Gasteiger partial charge is 0.223 e.